The highest BCUT2D eigenvalue weighted by Gasteiger charge is 2.34. The molecule has 132 valence electrons. The van der Waals surface area contributed by atoms with Crippen LogP contribution in [0.3, 0.4) is 0 Å². The van der Waals surface area contributed by atoms with Crippen LogP contribution in [0.1, 0.15) is 23.8 Å². The third-order valence-corrected chi connectivity index (χ3v) is 5.97. The van der Waals surface area contributed by atoms with Crippen LogP contribution in [0.5, 0.6) is 0 Å². The highest BCUT2D eigenvalue weighted by molar-refractivity contribution is 8.01. The van der Waals surface area contributed by atoms with Crippen LogP contribution in [0.4, 0.5) is 0 Å². The molecule has 0 N–H and O–H groups in total. The number of halogens is 1. The molecule has 3 aromatic rings. The van der Waals surface area contributed by atoms with Gasteiger partial charge in [0.2, 0.25) is 0 Å². The summed E-state index contributed by atoms with van der Waals surface area (Å²) in [5.74, 6) is 0.853. The van der Waals surface area contributed by atoms with Gasteiger partial charge in [0.15, 0.2) is 4.34 Å². The van der Waals surface area contributed by atoms with Crippen molar-refractivity contribution in [2.45, 2.75) is 16.8 Å². The summed E-state index contributed by atoms with van der Waals surface area (Å²) >= 11 is 8.73. The van der Waals surface area contributed by atoms with Gasteiger partial charge in [-0.1, -0.05) is 46.8 Å². The highest BCUT2D eigenvalue weighted by Crippen LogP contribution is 2.34. The molecule has 1 aliphatic rings. The molecule has 1 aromatic carbocycles. The van der Waals surface area contributed by atoms with Gasteiger partial charge in [0.25, 0.3) is 5.91 Å². The Balaban J connectivity index is 1.57. The molecule has 0 fully saturated rings. The van der Waals surface area contributed by atoms with Gasteiger partial charge in [-0.15, -0.1) is 10.2 Å². The van der Waals surface area contributed by atoms with Gasteiger partial charge in [-0.25, -0.2) is 5.01 Å². The first-order valence-corrected chi connectivity index (χ1v) is 10.0. The van der Waals surface area contributed by atoms with Crippen LogP contribution in [-0.4, -0.2) is 32.6 Å². The lowest BCUT2D eigenvalue weighted by Crippen LogP contribution is -2.28. The maximum atomic E-state index is 12.8. The fourth-order valence-electron chi connectivity index (χ4n) is 2.68. The minimum Gasteiger partial charge on any atom is -0.467 e. The van der Waals surface area contributed by atoms with E-state index in [2.05, 4.69) is 15.3 Å². The molecule has 1 amide bonds. The largest absolute Gasteiger partial charge is 0.467 e. The van der Waals surface area contributed by atoms with Crippen molar-refractivity contribution < 1.29 is 9.21 Å². The quantitative estimate of drug-likeness (QED) is 0.594. The zero-order valence-corrected chi connectivity index (χ0v) is 15.8. The normalized spacial score (nSPS) is 16.7. The second-order valence-electron chi connectivity index (χ2n) is 5.52. The first-order valence-electron chi connectivity index (χ1n) is 7.78. The predicted molar refractivity (Wildman–Crippen MR) is 102 cm³/mol. The number of furan rings is 1. The van der Waals surface area contributed by atoms with E-state index in [-0.39, 0.29) is 17.7 Å². The third-order valence-electron chi connectivity index (χ3n) is 3.87. The Morgan fingerprint density at radius 2 is 2.19 bits per heavy atom. The number of hydrogen-bond acceptors (Lipinski definition) is 7. The van der Waals surface area contributed by atoms with Gasteiger partial charge in [-0.3, -0.25) is 4.79 Å². The lowest BCUT2D eigenvalue weighted by atomic mass is 10.0. The maximum Gasteiger partial charge on any atom is 0.253 e. The van der Waals surface area contributed by atoms with E-state index in [4.69, 9.17) is 16.0 Å². The molecule has 0 bridgehead atoms. The molecule has 0 aliphatic carbocycles. The number of aromatic nitrogens is 2. The zero-order valence-electron chi connectivity index (χ0n) is 13.4. The summed E-state index contributed by atoms with van der Waals surface area (Å²) in [5.41, 5.74) is 3.42. The second-order valence-corrected chi connectivity index (χ2v) is 8.01. The van der Waals surface area contributed by atoms with Gasteiger partial charge in [-0.2, -0.15) is 5.10 Å². The number of carbonyl (C=O) groups excluding carboxylic acids is 1. The van der Waals surface area contributed by atoms with E-state index in [9.17, 15) is 4.79 Å². The Hall–Kier alpha value is -2.16. The van der Waals surface area contributed by atoms with Gasteiger partial charge < -0.3 is 4.42 Å². The molecular formula is C17H13ClN4O2S2. The maximum absolute atomic E-state index is 12.8. The Morgan fingerprint density at radius 1 is 1.35 bits per heavy atom. The van der Waals surface area contributed by atoms with Gasteiger partial charge in [0.05, 0.1) is 17.7 Å². The molecule has 4 rings (SSSR count). The van der Waals surface area contributed by atoms with Crippen molar-refractivity contribution in [1.82, 2.24) is 15.2 Å². The van der Waals surface area contributed by atoms with Crippen molar-refractivity contribution in [1.29, 1.82) is 0 Å². The number of thioether (sulfide) groups is 1. The molecule has 1 aliphatic heterocycles. The van der Waals surface area contributed by atoms with Crippen molar-refractivity contribution in [2.24, 2.45) is 5.10 Å². The standard InChI is InChI=1S/C17H13ClN4O2S2/c18-12-5-3-11(4-6-12)13-8-14(15-2-1-7-24-15)22(21-13)16(23)9-25-17-20-19-10-26-17/h1-7,10,14H,8-9H2/t14-/m1/s1. The van der Waals surface area contributed by atoms with Gasteiger partial charge in [0, 0.05) is 11.4 Å². The summed E-state index contributed by atoms with van der Waals surface area (Å²) in [6, 6.07) is 10.9. The van der Waals surface area contributed by atoms with Crippen molar-refractivity contribution in [3.8, 4) is 0 Å². The number of amides is 1. The van der Waals surface area contributed by atoms with E-state index in [0.29, 0.717) is 17.2 Å². The lowest BCUT2D eigenvalue weighted by molar-refractivity contribution is -0.130. The van der Waals surface area contributed by atoms with Crippen LogP contribution in [0.2, 0.25) is 5.02 Å². The molecule has 1 atom stereocenters. The number of nitrogens with zero attached hydrogens (tertiary/aromatic N) is 4. The Morgan fingerprint density at radius 3 is 2.88 bits per heavy atom. The molecule has 0 saturated carbocycles. The van der Waals surface area contributed by atoms with Crippen LogP contribution in [0.15, 0.2) is 62.0 Å². The topological polar surface area (TPSA) is 71.6 Å². The Labute approximate surface area is 162 Å². The third kappa shape index (κ3) is 3.67. The lowest BCUT2D eigenvalue weighted by Gasteiger charge is -2.19. The smallest absolute Gasteiger partial charge is 0.253 e. The molecule has 2 aromatic heterocycles. The van der Waals surface area contributed by atoms with Crippen LogP contribution in [0.25, 0.3) is 0 Å². The fraction of sp³-hybridized carbons (Fsp3) is 0.176. The van der Waals surface area contributed by atoms with E-state index in [0.717, 1.165) is 15.6 Å². The van der Waals surface area contributed by atoms with E-state index in [1.807, 2.05) is 36.4 Å². The van der Waals surface area contributed by atoms with Crippen LogP contribution < -0.4 is 0 Å². The van der Waals surface area contributed by atoms with Crippen molar-refractivity contribution in [3.63, 3.8) is 0 Å². The summed E-state index contributed by atoms with van der Waals surface area (Å²) in [5, 5.41) is 14.5. The molecule has 3 heterocycles. The zero-order chi connectivity index (χ0) is 17.9. The Bertz CT molecular complexity index is 911. The van der Waals surface area contributed by atoms with Crippen molar-refractivity contribution in [2.75, 3.05) is 5.75 Å². The minimum absolute atomic E-state index is 0.101. The number of hydrogen-bond donors (Lipinski definition) is 0. The van der Waals surface area contributed by atoms with E-state index >= 15 is 0 Å². The summed E-state index contributed by atoms with van der Waals surface area (Å²) in [4.78, 5) is 12.8. The van der Waals surface area contributed by atoms with E-state index in [1.165, 1.54) is 28.1 Å². The van der Waals surface area contributed by atoms with Crippen molar-refractivity contribution >= 4 is 46.3 Å². The van der Waals surface area contributed by atoms with Crippen LogP contribution in [-0.2, 0) is 4.79 Å². The molecule has 9 heteroatoms. The summed E-state index contributed by atoms with van der Waals surface area (Å²) in [6.45, 7) is 0. The van der Waals surface area contributed by atoms with Crippen LogP contribution in [0, 0.1) is 0 Å². The summed E-state index contributed by atoms with van der Waals surface area (Å²) in [7, 11) is 0. The predicted octanol–water partition coefficient (Wildman–Crippen LogP) is 4.25. The van der Waals surface area contributed by atoms with E-state index < -0.39 is 0 Å². The first-order chi connectivity index (χ1) is 12.7. The monoisotopic (exact) mass is 404 g/mol. The highest BCUT2D eigenvalue weighted by atomic mass is 35.5. The first kappa shape index (κ1) is 17.3. The number of benzene rings is 1. The molecule has 0 radical (unpaired) electrons. The molecular weight excluding hydrogens is 392 g/mol. The minimum atomic E-state index is -0.252. The molecule has 26 heavy (non-hydrogen) atoms. The van der Waals surface area contributed by atoms with Gasteiger partial charge >= 0.3 is 0 Å². The fourth-order valence-corrected chi connectivity index (χ4v) is 4.14. The summed E-state index contributed by atoms with van der Waals surface area (Å²) in [6.07, 6.45) is 2.19. The Kier molecular flexibility index (Phi) is 5.05. The van der Waals surface area contributed by atoms with Gasteiger partial charge in [-0.05, 0) is 29.8 Å². The summed E-state index contributed by atoms with van der Waals surface area (Å²) < 4.78 is 6.29. The number of rotatable bonds is 5. The number of hydrazone groups is 1. The molecule has 0 spiro atoms. The van der Waals surface area contributed by atoms with Crippen molar-refractivity contribution in [3.05, 3.63) is 64.5 Å². The average molecular weight is 405 g/mol. The number of carbonyl (C=O) groups is 1. The second kappa shape index (κ2) is 7.61. The molecule has 6 nitrogen and oxygen atoms in total. The van der Waals surface area contributed by atoms with E-state index in [1.54, 1.807) is 11.8 Å². The average Bonchev–Trinajstić information content (AvgIpc) is 3.41. The van der Waals surface area contributed by atoms with Gasteiger partial charge in [0.1, 0.15) is 17.3 Å². The van der Waals surface area contributed by atoms with Crippen LogP contribution >= 0.6 is 34.7 Å². The molecule has 0 unspecified atom stereocenters. The SMILES string of the molecule is O=C(CSc1nncs1)N1N=C(c2ccc(Cl)cc2)C[C@@H]1c1ccco1. The molecule has 0 saturated heterocycles.